The molecule has 1 heterocycles. The van der Waals surface area contributed by atoms with E-state index in [2.05, 4.69) is 29.2 Å². The van der Waals surface area contributed by atoms with Crippen LogP contribution in [0.2, 0.25) is 5.02 Å². The number of carbonyl (C=O) groups excluding carboxylic acids is 1. The first kappa shape index (κ1) is 18.7. The molecule has 2 aromatic carbocycles. The predicted molar refractivity (Wildman–Crippen MR) is 105 cm³/mol. The van der Waals surface area contributed by atoms with Gasteiger partial charge in [0.2, 0.25) is 0 Å². The molecule has 1 fully saturated rings. The Balaban J connectivity index is 1.50. The molecule has 0 bridgehead atoms. The van der Waals surface area contributed by atoms with E-state index < -0.39 is 6.10 Å². The molecule has 0 saturated carbocycles. The van der Waals surface area contributed by atoms with Crippen LogP contribution in [-0.2, 0) is 11.3 Å². The number of rotatable bonds is 5. The summed E-state index contributed by atoms with van der Waals surface area (Å²) >= 11 is 6.04. The highest BCUT2D eigenvalue weighted by Crippen LogP contribution is 2.22. The largest absolute Gasteiger partial charge is 0.481 e. The standard InChI is InChI=1S/C21H25ClN2O2/c1-16-14-19(8-9-20(16)22)26-17(2)21(25)24-12-10-23(11-13-24)15-18-6-4-3-5-7-18/h3-9,14,17H,10-13,15H2,1-2H3/t17-/m0/s1. The minimum Gasteiger partial charge on any atom is -0.481 e. The van der Waals surface area contributed by atoms with Crippen LogP contribution in [0.1, 0.15) is 18.1 Å². The van der Waals surface area contributed by atoms with E-state index in [4.69, 9.17) is 16.3 Å². The zero-order valence-electron chi connectivity index (χ0n) is 15.3. The van der Waals surface area contributed by atoms with Crippen LogP contribution in [0.15, 0.2) is 48.5 Å². The highest BCUT2D eigenvalue weighted by Gasteiger charge is 2.26. The van der Waals surface area contributed by atoms with Crippen molar-refractivity contribution >= 4 is 17.5 Å². The summed E-state index contributed by atoms with van der Waals surface area (Å²) in [5.41, 5.74) is 2.25. The fraction of sp³-hybridized carbons (Fsp3) is 0.381. The molecule has 0 spiro atoms. The molecule has 3 rings (SSSR count). The van der Waals surface area contributed by atoms with Crippen LogP contribution in [0.5, 0.6) is 5.75 Å². The Labute approximate surface area is 160 Å². The van der Waals surface area contributed by atoms with Crippen molar-refractivity contribution in [3.05, 3.63) is 64.7 Å². The van der Waals surface area contributed by atoms with E-state index in [1.54, 1.807) is 12.1 Å². The topological polar surface area (TPSA) is 32.8 Å². The molecule has 1 amide bonds. The third kappa shape index (κ3) is 4.77. The predicted octanol–water partition coefficient (Wildman–Crippen LogP) is 3.76. The molecule has 0 unspecified atom stereocenters. The lowest BCUT2D eigenvalue weighted by Crippen LogP contribution is -2.51. The Bertz CT molecular complexity index is 743. The van der Waals surface area contributed by atoms with Gasteiger partial charge in [-0.1, -0.05) is 41.9 Å². The fourth-order valence-corrected chi connectivity index (χ4v) is 3.29. The second-order valence-electron chi connectivity index (χ2n) is 6.76. The van der Waals surface area contributed by atoms with E-state index in [1.165, 1.54) is 5.56 Å². The van der Waals surface area contributed by atoms with Crippen LogP contribution in [0.3, 0.4) is 0 Å². The number of halogens is 1. The monoisotopic (exact) mass is 372 g/mol. The zero-order valence-corrected chi connectivity index (χ0v) is 16.1. The summed E-state index contributed by atoms with van der Waals surface area (Å²) in [6.45, 7) is 7.90. The van der Waals surface area contributed by atoms with Crippen LogP contribution >= 0.6 is 11.6 Å². The van der Waals surface area contributed by atoms with Gasteiger partial charge in [-0.15, -0.1) is 0 Å². The first-order valence-electron chi connectivity index (χ1n) is 9.01. The summed E-state index contributed by atoms with van der Waals surface area (Å²) in [7, 11) is 0. The average Bonchev–Trinajstić information content (AvgIpc) is 2.65. The van der Waals surface area contributed by atoms with E-state index in [-0.39, 0.29) is 5.91 Å². The van der Waals surface area contributed by atoms with Crippen molar-refractivity contribution in [2.75, 3.05) is 26.2 Å². The first-order valence-corrected chi connectivity index (χ1v) is 9.38. The Morgan fingerprint density at radius 1 is 1.12 bits per heavy atom. The van der Waals surface area contributed by atoms with Gasteiger partial charge in [-0.3, -0.25) is 9.69 Å². The van der Waals surface area contributed by atoms with Crippen molar-refractivity contribution in [1.29, 1.82) is 0 Å². The zero-order chi connectivity index (χ0) is 18.5. The molecule has 138 valence electrons. The molecule has 2 aromatic rings. The number of amides is 1. The molecule has 1 saturated heterocycles. The van der Waals surface area contributed by atoms with Gasteiger partial charge in [0.15, 0.2) is 6.10 Å². The lowest BCUT2D eigenvalue weighted by atomic mass is 10.2. The maximum atomic E-state index is 12.7. The maximum absolute atomic E-state index is 12.7. The Hall–Kier alpha value is -2.04. The van der Waals surface area contributed by atoms with Crippen molar-refractivity contribution in [3.63, 3.8) is 0 Å². The minimum atomic E-state index is -0.503. The number of piperazine rings is 1. The molecular formula is C21H25ClN2O2. The van der Waals surface area contributed by atoms with Crippen LogP contribution in [0.25, 0.3) is 0 Å². The number of benzene rings is 2. The van der Waals surface area contributed by atoms with E-state index in [0.29, 0.717) is 10.8 Å². The van der Waals surface area contributed by atoms with E-state index in [1.807, 2.05) is 30.9 Å². The van der Waals surface area contributed by atoms with Crippen molar-refractivity contribution in [1.82, 2.24) is 9.80 Å². The highest BCUT2D eigenvalue weighted by molar-refractivity contribution is 6.31. The molecule has 1 aliphatic heterocycles. The van der Waals surface area contributed by atoms with Gasteiger partial charge in [0.1, 0.15) is 5.75 Å². The van der Waals surface area contributed by atoms with Crippen molar-refractivity contribution in [2.24, 2.45) is 0 Å². The van der Waals surface area contributed by atoms with Gasteiger partial charge >= 0.3 is 0 Å². The molecule has 1 atom stereocenters. The van der Waals surface area contributed by atoms with Crippen molar-refractivity contribution in [3.8, 4) is 5.75 Å². The van der Waals surface area contributed by atoms with Gasteiger partial charge < -0.3 is 9.64 Å². The van der Waals surface area contributed by atoms with Crippen molar-refractivity contribution < 1.29 is 9.53 Å². The molecule has 26 heavy (non-hydrogen) atoms. The number of hydrogen-bond acceptors (Lipinski definition) is 3. The number of nitrogens with zero attached hydrogens (tertiary/aromatic N) is 2. The third-order valence-electron chi connectivity index (χ3n) is 4.72. The molecule has 0 aromatic heterocycles. The number of carbonyl (C=O) groups is 1. The average molecular weight is 373 g/mol. The van der Waals surface area contributed by atoms with Gasteiger partial charge in [-0.05, 0) is 43.2 Å². The quantitative estimate of drug-likeness (QED) is 0.801. The van der Waals surface area contributed by atoms with E-state index >= 15 is 0 Å². The molecule has 5 heteroatoms. The summed E-state index contributed by atoms with van der Waals surface area (Å²) in [6.07, 6.45) is -0.503. The number of aryl methyl sites for hydroxylation is 1. The summed E-state index contributed by atoms with van der Waals surface area (Å²) in [5.74, 6) is 0.715. The van der Waals surface area contributed by atoms with Crippen LogP contribution < -0.4 is 4.74 Å². The SMILES string of the molecule is Cc1cc(O[C@@H](C)C(=O)N2CCN(Cc3ccccc3)CC2)ccc1Cl. The summed E-state index contributed by atoms with van der Waals surface area (Å²) < 4.78 is 5.82. The molecule has 4 nitrogen and oxygen atoms in total. The third-order valence-corrected chi connectivity index (χ3v) is 5.15. The molecule has 0 radical (unpaired) electrons. The Kier molecular flexibility index (Phi) is 6.17. The Morgan fingerprint density at radius 3 is 2.46 bits per heavy atom. The molecular weight excluding hydrogens is 348 g/mol. The van der Waals surface area contributed by atoms with Gasteiger partial charge in [-0.2, -0.15) is 0 Å². The fourth-order valence-electron chi connectivity index (χ4n) is 3.17. The number of ether oxygens (including phenoxy) is 1. The first-order chi connectivity index (χ1) is 12.5. The highest BCUT2D eigenvalue weighted by atomic mass is 35.5. The Morgan fingerprint density at radius 2 is 1.81 bits per heavy atom. The van der Waals surface area contributed by atoms with Crippen LogP contribution in [0, 0.1) is 6.92 Å². The second-order valence-corrected chi connectivity index (χ2v) is 7.17. The second kappa shape index (κ2) is 8.56. The number of hydrogen-bond donors (Lipinski definition) is 0. The van der Waals surface area contributed by atoms with Gasteiger partial charge in [0.05, 0.1) is 0 Å². The van der Waals surface area contributed by atoms with Gasteiger partial charge in [0.25, 0.3) is 5.91 Å². The lowest BCUT2D eigenvalue weighted by Gasteiger charge is -2.35. The van der Waals surface area contributed by atoms with E-state index in [9.17, 15) is 4.79 Å². The smallest absolute Gasteiger partial charge is 0.263 e. The lowest BCUT2D eigenvalue weighted by molar-refractivity contribution is -0.139. The minimum absolute atomic E-state index is 0.0389. The molecule has 0 aliphatic carbocycles. The van der Waals surface area contributed by atoms with Crippen LogP contribution in [-0.4, -0.2) is 48.0 Å². The van der Waals surface area contributed by atoms with Crippen LogP contribution in [0.4, 0.5) is 0 Å². The summed E-state index contributed by atoms with van der Waals surface area (Å²) in [6, 6.07) is 15.9. The molecule has 0 N–H and O–H groups in total. The van der Waals surface area contributed by atoms with Crippen molar-refractivity contribution in [2.45, 2.75) is 26.5 Å². The van der Waals surface area contributed by atoms with E-state index in [0.717, 1.165) is 38.3 Å². The summed E-state index contributed by atoms with van der Waals surface area (Å²) in [4.78, 5) is 17.0. The maximum Gasteiger partial charge on any atom is 0.263 e. The summed E-state index contributed by atoms with van der Waals surface area (Å²) in [5, 5.41) is 0.700. The normalized spacial score (nSPS) is 16.3. The molecule has 1 aliphatic rings. The van der Waals surface area contributed by atoms with Gasteiger partial charge in [0, 0.05) is 37.7 Å². The van der Waals surface area contributed by atoms with Gasteiger partial charge in [-0.25, -0.2) is 0 Å².